The van der Waals surface area contributed by atoms with Gasteiger partial charge in [0.1, 0.15) is 0 Å². The monoisotopic (exact) mass is 166 g/mol. The number of hydrogen-bond donors (Lipinski definition) is 0. The molecule has 0 aliphatic carbocycles. The predicted molar refractivity (Wildman–Crippen MR) is 41.3 cm³/mol. The summed E-state index contributed by atoms with van der Waals surface area (Å²) in [6.45, 7) is 6.02. The van der Waals surface area contributed by atoms with Crippen molar-refractivity contribution in [2.75, 3.05) is 20.1 Å². The van der Waals surface area contributed by atoms with Crippen LogP contribution in [0, 0.1) is 0 Å². The molecule has 0 atom stereocenters. The Balaban J connectivity index is 0. The van der Waals surface area contributed by atoms with Crippen LogP contribution in [0.2, 0.25) is 0 Å². The summed E-state index contributed by atoms with van der Waals surface area (Å²) in [6.07, 6.45) is 3.81. The summed E-state index contributed by atoms with van der Waals surface area (Å²) in [4.78, 5) is 2.12. The molecule has 0 N–H and O–H groups in total. The standard InChI is InChI=1S/C5H9N2.C2H6.K/c1-7-4-2-6-3-5-7;1-2;/h2,4H,3,5H2,1H3;1-2H3;/q-1;;+1. The molecule has 1 heterocycles. The van der Waals surface area contributed by atoms with Gasteiger partial charge in [0.25, 0.3) is 0 Å². The van der Waals surface area contributed by atoms with Gasteiger partial charge in [-0.05, 0) is 6.20 Å². The SMILES string of the molecule is CC.CN1C=C[N-]CC1.[K+]. The van der Waals surface area contributed by atoms with E-state index in [9.17, 15) is 0 Å². The zero-order valence-electron chi connectivity index (χ0n) is 7.46. The summed E-state index contributed by atoms with van der Waals surface area (Å²) in [5, 5.41) is 4.01. The maximum Gasteiger partial charge on any atom is 1.00 e. The number of rotatable bonds is 0. The molecule has 0 aromatic carbocycles. The van der Waals surface area contributed by atoms with Crippen molar-refractivity contribution < 1.29 is 51.4 Å². The van der Waals surface area contributed by atoms with Crippen molar-refractivity contribution in [2.24, 2.45) is 0 Å². The van der Waals surface area contributed by atoms with Crippen molar-refractivity contribution in [1.29, 1.82) is 0 Å². The number of likely N-dealkylation sites (N-methyl/N-ethyl adjacent to an activating group) is 1. The Labute approximate surface area is 106 Å². The number of nitrogens with zero attached hydrogens (tertiary/aromatic N) is 2. The van der Waals surface area contributed by atoms with Gasteiger partial charge in [-0.2, -0.15) is 6.20 Å². The van der Waals surface area contributed by atoms with Crippen molar-refractivity contribution in [3.8, 4) is 0 Å². The fourth-order valence-corrected chi connectivity index (χ4v) is 0.525. The van der Waals surface area contributed by atoms with E-state index in [2.05, 4.69) is 10.2 Å². The molecule has 0 radical (unpaired) electrons. The molecule has 3 heteroatoms. The third kappa shape index (κ3) is 7.09. The van der Waals surface area contributed by atoms with Crippen LogP contribution in [0.1, 0.15) is 13.8 Å². The molecule has 2 nitrogen and oxygen atoms in total. The maximum atomic E-state index is 4.01. The van der Waals surface area contributed by atoms with E-state index in [1.165, 1.54) is 0 Å². The second-order valence-corrected chi connectivity index (χ2v) is 1.68. The van der Waals surface area contributed by atoms with Crippen LogP contribution in [-0.4, -0.2) is 25.0 Å². The molecule has 1 aliphatic rings. The van der Waals surface area contributed by atoms with Crippen LogP contribution in [-0.2, 0) is 0 Å². The van der Waals surface area contributed by atoms with Gasteiger partial charge in [-0.3, -0.25) is 0 Å². The van der Waals surface area contributed by atoms with Crippen LogP contribution in [0.3, 0.4) is 0 Å². The Kier molecular flexibility index (Phi) is 13.5. The zero-order chi connectivity index (χ0) is 7.11. The van der Waals surface area contributed by atoms with E-state index in [-0.39, 0.29) is 51.4 Å². The first-order chi connectivity index (χ1) is 4.39. The van der Waals surface area contributed by atoms with Crippen molar-refractivity contribution in [3.05, 3.63) is 17.7 Å². The molecule has 0 unspecified atom stereocenters. The maximum absolute atomic E-state index is 4.01. The molecule has 0 fully saturated rings. The molecule has 54 valence electrons. The Bertz CT molecular complexity index is 83.7. The topological polar surface area (TPSA) is 17.3 Å². The fourth-order valence-electron chi connectivity index (χ4n) is 0.525. The van der Waals surface area contributed by atoms with Crippen molar-refractivity contribution in [3.63, 3.8) is 0 Å². The van der Waals surface area contributed by atoms with Crippen LogP contribution in [0.5, 0.6) is 0 Å². The third-order valence-electron chi connectivity index (χ3n) is 1.01. The van der Waals surface area contributed by atoms with Gasteiger partial charge in [0.15, 0.2) is 0 Å². The quantitative estimate of drug-likeness (QED) is 0.414. The van der Waals surface area contributed by atoms with Gasteiger partial charge in [-0.15, -0.1) is 6.54 Å². The van der Waals surface area contributed by atoms with Gasteiger partial charge in [0.2, 0.25) is 0 Å². The summed E-state index contributed by atoms with van der Waals surface area (Å²) in [7, 11) is 2.05. The fraction of sp³-hybridized carbons (Fsp3) is 0.714. The van der Waals surface area contributed by atoms with Crippen molar-refractivity contribution in [1.82, 2.24) is 4.90 Å². The average Bonchev–Trinajstić information content (AvgIpc) is 1.94. The molecule has 0 saturated carbocycles. The van der Waals surface area contributed by atoms with Crippen LogP contribution in [0.15, 0.2) is 12.4 Å². The second kappa shape index (κ2) is 9.98. The van der Waals surface area contributed by atoms with Gasteiger partial charge in [0, 0.05) is 13.6 Å². The Morgan fingerprint density at radius 2 is 2.00 bits per heavy atom. The van der Waals surface area contributed by atoms with E-state index >= 15 is 0 Å². The smallest absolute Gasteiger partial charge is 0.688 e. The van der Waals surface area contributed by atoms with Crippen LogP contribution >= 0.6 is 0 Å². The Hall–Kier alpha value is 0.976. The Morgan fingerprint density at radius 3 is 2.20 bits per heavy atom. The molecule has 0 amide bonds. The molecule has 0 bridgehead atoms. The second-order valence-electron chi connectivity index (χ2n) is 1.68. The zero-order valence-corrected chi connectivity index (χ0v) is 10.6. The molecule has 10 heavy (non-hydrogen) atoms. The summed E-state index contributed by atoms with van der Waals surface area (Å²) in [5.41, 5.74) is 0. The van der Waals surface area contributed by atoms with Gasteiger partial charge >= 0.3 is 51.4 Å². The van der Waals surface area contributed by atoms with E-state index in [4.69, 9.17) is 0 Å². The predicted octanol–water partition coefficient (Wildman–Crippen LogP) is -1.19. The molecule has 0 aromatic rings. The third-order valence-corrected chi connectivity index (χ3v) is 1.01. The van der Waals surface area contributed by atoms with E-state index in [1.54, 1.807) is 0 Å². The van der Waals surface area contributed by atoms with Crippen molar-refractivity contribution >= 4 is 0 Å². The molecular formula is C7H15KN2. The first kappa shape index (κ1) is 13.6. The minimum atomic E-state index is 0. The summed E-state index contributed by atoms with van der Waals surface area (Å²) >= 11 is 0. The molecular weight excluding hydrogens is 151 g/mol. The molecule has 0 aromatic heterocycles. The first-order valence-electron chi connectivity index (χ1n) is 3.43. The van der Waals surface area contributed by atoms with E-state index in [1.807, 2.05) is 33.3 Å². The average molecular weight is 166 g/mol. The largest absolute Gasteiger partial charge is 1.00 e. The van der Waals surface area contributed by atoms with Gasteiger partial charge < -0.3 is 10.2 Å². The minimum absolute atomic E-state index is 0. The van der Waals surface area contributed by atoms with Crippen LogP contribution in [0.25, 0.3) is 5.32 Å². The molecule has 0 saturated heterocycles. The summed E-state index contributed by atoms with van der Waals surface area (Å²) in [6, 6.07) is 0. The van der Waals surface area contributed by atoms with E-state index in [0.29, 0.717) is 0 Å². The molecule has 1 rings (SSSR count). The number of hydrogen-bond acceptors (Lipinski definition) is 1. The van der Waals surface area contributed by atoms with Crippen LogP contribution in [0.4, 0.5) is 0 Å². The van der Waals surface area contributed by atoms with E-state index < -0.39 is 0 Å². The van der Waals surface area contributed by atoms with Gasteiger partial charge in [0.05, 0.1) is 0 Å². The molecule has 1 aliphatic heterocycles. The summed E-state index contributed by atoms with van der Waals surface area (Å²) in [5.74, 6) is 0. The van der Waals surface area contributed by atoms with Gasteiger partial charge in [-0.1, -0.05) is 13.8 Å². The van der Waals surface area contributed by atoms with Crippen LogP contribution < -0.4 is 51.4 Å². The van der Waals surface area contributed by atoms with E-state index in [0.717, 1.165) is 13.1 Å². The van der Waals surface area contributed by atoms with Gasteiger partial charge in [-0.25, -0.2) is 0 Å². The normalized spacial score (nSPS) is 14.1. The van der Waals surface area contributed by atoms with Crippen molar-refractivity contribution in [2.45, 2.75) is 13.8 Å². The molecule has 0 spiro atoms. The summed E-state index contributed by atoms with van der Waals surface area (Å²) < 4.78 is 0. The first-order valence-corrected chi connectivity index (χ1v) is 3.43. The minimum Gasteiger partial charge on any atom is -0.688 e. The Morgan fingerprint density at radius 1 is 1.40 bits per heavy atom.